The number of rotatable bonds is 2. The van der Waals surface area contributed by atoms with Crippen LogP contribution >= 0.6 is 0 Å². The van der Waals surface area contributed by atoms with E-state index in [1.165, 1.54) is 5.56 Å². The number of phenols is 1. The van der Waals surface area contributed by atoms with Gasteiger partial charge >= 0.3 is 0 Å². The molecule has 0 unspecified atom stereocenters. The molecule has 0 aliphatic heterocycles. The minimum atomic E-state index is 0.457. The van der Waals surface area contributed by atoms with E-state index in [1.807, 2.05) is 19.9 Å². The Morgan fingerprint density at radius 1 is 1.23 bits per heavy atom. The number of phenolic OH excluding ortho intramolecular Hbond substituents is 1. The van der Waals surface area contributed by atoms with Gasteiger partial charge in [-0.05, 0) is 42.9 Å². The number of aryl methyl sites for hydroxylation is 1. The summed E-state index contributed by atoms with van der Waals surface area (Å²) < 4.78 is 0. The molecule has 0 amide bonds. The maximum absolute atomic E-state index is 9.70. The van der Waals surface area contributed by atoms with E-state index >= 15 is 0 Å². The Labute approximate surface area is 80.4 Å². The first-order valence-corrected chi connectivity index (χ1v) is 4.80. The highest BCUT2D eigenvalue weighted by Gasteiger charge is 2.06. The fraction of sp³-hybridized carbons (Fsp3) is 0.500. The summed E-state index contributed by atoms with van der Waals surface area (Å²) in [5.41, 5.74) is 3.26. The van der Waals surface area contributed by atoms with Gasteiger partial charge in [0.25, 0.3) is 0 Å². The maximum Gasteiger partial charge on any atom is 0.121 e. The Morgan fingerprint density at radius 2 is 1.85 bits per heavy atom. The molecule has 1 rings (SSSR count). The Bertz CT molecular complexity index is 300. The summed E-state index contributed by atoms with van der Waals surface area (Å²) in [4.78, 5) is 0. The van der Waals surface area contributed by atoms with Crippen LogP contribution in [0.25, 0.3) is 0 Å². The predicted molar refractivity (Wildman–Crippen MR) is 56.1 cm³/mol. The first kappa shape index (κ1) is 10.1. The van der Waals surface area contributed by atoms with Crippen molar-refractivity contribution in [3.63, 3.8) is 0 Å². The molecule has 13 heavy (non-hydrogen) atoms. The van der Waals surface area contributed by atoms with E-state index in [9.17, 15) is 5.11 Å². The van der Waals surface area contributed by atoms with Gasteiger partial charge in [0.1, 0.15) is 5.75 Å². The van der Waals surface area contributed by atoms with Crippen molar-refractivity contribution in [1.82, 2.24) is 0 Å². The molecule has 1 aromatic rings. The summed E-state index contributed by atoms with van der Waals surface area (Å²) in [5.74, 6) is 1.10. The van der Waals surface area contributed by atoms with Crippen LogP contribution in [-0.2, 0) is 6.42 Å². The molecule has 1 aromatic carbocycles. The predicted octanol–water partition coefficient (Wildman–Crippen LogP) is 3.21. The van der Waals surface area contributed by atoms with E-state index in [1.54, 1.807) is 0 Å². The molecule has 0 fully saturated rings. The number of hydrogen-bond donors (Lipinski definition) is 1. The Hall–Kier alpha value is -0.980. The zero-order valence-corrected chi connectivity index (χ0v) is 8.89. The molecular weight excluding hydrogens is 160 g/mol. The van der Waals surface area contributed by atoms with Crippen LogP contribution in [0, 0.1) is 19.8 Å². The van der Waals surface area contributed by atoms with Crippen LogP contribution in [-0.4, -0.2) is 5.11 Å². The molecule has 1 nitrogen and oxygen atoms in total. The standard InChI is InChI=1S/C12H18O/c1-8(2)7-11-6-5-9(3)12(13)10(11)4/h5-6,8,13H,7H2,1-4H3. The minimum absolute atomic E-state index is 0.457. The van der Waals surface area contributed by atoms with Crippen molar-refractivity contribution in [3.8, 4) is 5.75 Å². The van der Waals surface area contributed by atoms with Crippen molar-refractivity contribution in [2.75, 3.05) is 0 Å². The lowest BCUT2D eigenvalue weighted by Crippen LogP contribution is -1.97. The second-order valence-electron chi connectivity index (χ2n) is 4.11. The number of benzene rings is 1. The molecule has 0 aromatic heterocycles. The molecule has 0 heterocycles. The third-order valence-corrected chi connectivity index (χ3v) is 2.37. The fourth-order valence-electron chi connectivity index (χ4n) is 1.54. The summed E-state index contributed by atoms with van der Waals surface area (Å²) in [6, 6.07) is 4.10. The highest BCUT2D eigenvalue weighted by atomic mass is 16.3. The van der Waals surface area contributed by atoms with Gasteiger partial charge in [-0.15, -0.1) is 0 Å². The van der Waals surface area contributed by atoms with Crippen molar-refractivity contribution < 1.29 is 5.11 Å². The topological polar surface area (TPSA) is 20.2 Å². The first-order chi connectivity index (χ1) is 6.02. The van der Waals surface area contributed by atoms with Gasteiger partial charge in [-0.1, -0.05) is 26.0 Å². The number of aromatic hydroxyl groups is 1. The molecule has 1 N–H and O–H groups in total. The van der Waals surface area contributed by atoms with E-state index in [4.69, 9.17) is 0 Å². The molecule has 0 radical (unpaired) electrons. The van der Waals surface area contributed by atoms with Gasteiger partial charge in [-0.25, -0.2) is 0 Å². The van der Waals surface area contributed by atoms with E-state index in [-0.39, 0.29) is 0 Å². The lowest BCUT2D eigenvalue weighted by Gasteiger charge is -2.11. The second-order valence-corrected chi connectivity index (χ2v) is 4.11. The molecular formula is C12H18O. The van der Waals surface area contributed by atoms with E-state index in [0.29, 0.717) is 11.7 Å². The Balaban J connectivity index is 3.04. The lowest BCUT2D eigenvalue weighted by atomic mass is 9.96. The summed E-state index contributed by atoms with van der Waals surface area (Å²) in [6.45, 7) is 8.30. The van der Waals surface area contributed by atoms with Gasteiger partial charge in [-0.3, -0.25) is 0 Å². The average Bonchev–Trinajstić information content (AvgIpc) is 2.06. The van der Waals surface area contributed by atoms with Crippen LogP contribution in [0.3, 0.4) is 0 Å². The van der Waals surface area contributed by atoms with Crippen LogP contribution in [0.4, 0.5) is 0 Å². The maximum atomic E-state index is 9.70. The van der Waals surface area contributed by atoms with E-state index < -0.39 is 0 Å². The Morgan fingerprint density at radius 3 is 2.38 bits per heavy atom. The quantitative estimate of drug-likeness (QED) is 0.737. The largest absolute Gasteiger partial charge is 0.507 e. The molecule has 0 aliphatic carbocycles. The zero-order chi connectivity index (χ0) is 10.0. The SMILES string of the molecule is Cc1ccc(CC(C)C)c(C)c1O. The second kappa shape index (κ2) is 3.82. The zero-order valence-electron chi connectivity index (χ0n) is 8.89. The van der Waals surface area contributed by atoms with Crippen molar-refractivity contribution >= 4 is 0 Å². The minimum Gasteiger partial charge on any atom is -0.507 e. The van der Waals surface area contributed by atoms with E-state index in [0.717, 1.165) is 17.5 Å². The van der Waals surface area contributed by atoms with Crippen LogP contribution in [0.5, 0.6) is 5.75 Å². The number of hydrogen-bond acceptors (Lipinski definition) is 1. The van der Waals surface area contributed by atoms with Crippen molar-refractivity contribution in [2.24, 2.45) is 5.92 Å². The van der Waals surface area contributed by atoms with Gasteiger partial charge in [0.05, 0.1) is 0 Å². The normalized spacial score (nSPS) is 10.8. The van der Waals surface area contributed by atoms with Gasteiger partial charge in [0.15, 0.2) is 0 Å². The third kappa shape index (κ3) is 2.24. The average molecular weight is 178 g/mol. The molecule has 0 atom stereocenters. The lowest BCUT2D eigenvalue weighted by molar-refractivity contribution is 0.465. The third-order valence-electron chi connectivity index (χ3n) is 2.37. The molecule has 1 heteroatoms. The van der Waals surface area contributed by atoms with Gasteiger partial charge in [0, 0.05) is 0 Å². The Kier molecular flexibility index (Phi) is 2.97. The summed E-state index contributed by atoms with van der Waals surface area (Å²) in [7, 11) is 0. The fourth-order valence-corrected chi connectivity index (χ4v) is 1.54. The van der Waals surface area contributed by atoms with Crippen molar-refractivity contribution in [3.05, 3.63) is 28.8 Å². The molecule has 0 bridgehead atoms. The smallest absolute Gasteiger partial charge is 0.121 e. The van der Waals surface area contributed by atoms with Gasteiger partial charge in [-0.2, -0.15) is 0 Å². The van der Waals surface area contributed by atoms with Crippen molar-refractivity contribution in [1.29, 1.82) is 0 Å². The van der Waals surface area contributed by atoms with Crippen LogP contribution < -0.4 is 0 Å². The molecule has 0 spiro atoms. The molecule has 0 saturated heterocycles. The summed E-state index contributed by atoms with van der Waals surface area (Å²) in [5, 5.41) is 9.70. The van der Waals surface area contributed by atoms with Crippen molar-refractivity contribution in [2.45, 2.75) is 34.1 Å². The molecule has 0 aliphatic rings. The molecule has 72 valence electrons. The highest BCUT2D eigenvalue weighted by Crippen LogP contribution is 2.25. The van der Waals surface area contributed by atoms with Gasteiger partial charge < -0.3 is 5.11 Å². The summed E-state index contributed by atoms with van der Waals surface area (Å²) >= 11 is 0. The molecule has 0 saturated carbocycles. The highest BCUT2D eigenvalue weighted by molar-refractivity contribution is 5.44. The monoisotopic (exact) mass is 178 g/mol. The van der Waals surface area contributed by atoms with Crippen LogP contribution in [0.1, 0.15) is 30.5 Å². The van der Waals surface area contributed by atoms with Crippen LogP contribution in [0.2, 0.25) is 0 Å². The van der Waals surface area contributed by atoms with Gasteiger partial charge in [0.2, 0.25) is 0 Å². The van der Waals surface area contributed by atoms with Crippen LogP contribution in [0.15, 0.2) is 12.1 Å². The first-order valence-electron chi connectivity index (χ1n) is 4.80. The van der Waals surface area contributed by atoms with E-state index in [2.05, 4.69) is 19.9 Å². The summed E-state index contributed by atoms with van der Waals surface area (Å²) in [6.07, 6.45) is 1.04.